The van der Waals surface area contributed by atoms with Crippen LogP contribution in [0.4, 0.5) is 0 Å². The molecule has 2 amide bonds. The summed E-state index contributed by atoms with van der Waals surface area (Å²) in [5.41, 5.74) is 0.942. The maximum absolute atomic E-state index is 12.5. The highest BCUT2D eigenvalue weighted by Gasteiger charge is 2.22. The van der Waals surface area contributed by atoms with Crippen LogP contribution < -0.4 is 9.47 Å². The van der Waals surface area contributed by atoms with Gasteiger partial charge in [0.1, 0.15) is 0 Å². The molecule has 1 atom stereocenters. The molecule has 1 unspecified atom stereocenters. The van der Waals surface area contributed by atoms with Crippen LogP contribution in [0, 0.1) is 5.92 Å². The lowest BCUT2D eigenvalue weighted by Gasteiger charge is -2.31. The van der Waals surface area contributed by atoms with Crippen molar-refractivity contribution in [2.45, 2.75) is 39.7 Å². The van der Waals surface area contributed by atoms with E-state index in [0.717, 1.165) is 25.1 Å². The molecule has 1 aliphatic rings. The maximum Gasteiger partial charge on any atom is 0.224 e. The Morgan fingerprint density at radius 2 is 1.96 bits per heavy atom. The Hall–Kier alpha value is -2.24. The number of likely N-dealkylation sites (tertiary alicyclic amines) is 1. The van der Waals surface area contributed by atoms with Gasteiger partial charge < -0.3 is 19.3 Å². The van der Waals surface area contributed by atoms with Gasteiger partial charge in [-0.1, -0.05) is 13.0 Å². The van der Waals surface area contributed by atoms with E-state index in [0.29, 0.717) is 36.9 Å². The van der Waals surface area contributed by atoms with Crippen molar-refractivity contribution in [3.05, 3.63) is 23.8 Å². The van der Waals surface area contributed by atoms with E-state index in [1.165, 1.54) is 13.3 Å². The molecule has 26 heavy (non-hydrogen) atoms. The van der Waals surface area contributed by atoms with Gasteiger partial charge in [0.15, 0.2) is 11.5 Å². The fourth-order valence-electron chi connectivity index (χ4n) is 3.35. The molecule has 0 N–H and O–H groups in total. The minimum atomic E-state index is -0.0420. The van der Waals surface area contributed by atoms with Gasteiger partial charge in [0.2, 0.25) is 11.8 Å². The van der Waals surface area contributed by atoms with Gasteiger partial charge in [-0.3, -0.25) is 9.59 Å². The van der Waals surface area contributed by atoms with Gasteiger partial charge in [0.25, 0.3) is 0 Å². The lowest BCUT2D eigenvalue weighted by Crippen LogP contribution is -2.41. The SMILES string of the molecule is COc1ccc(CN(CCC(=O)N2CCCC(C)C2)C(C)=O)cc1OC. The van der Waals surface area contributed by atoms with Gasteiger partial charge in [-0.25, -0.2) is 0 Å². The van der Waals surface area contributed by atoms with Gasteiger partial charge in [0.05, 0.1) is 14.2 Å². The lowest BCUT2D eigenvalue weighted by atomic mass is 10.00. The van der Waals surface area contributed by atoms with Crippen LogP contribution >= 0.6 is 0 Å². The first-order chi connectivity index (χ1) is 12.4. The molecule has 1 heterocycles. The third kappa shape index (κ3) is 5.38. The molecule has 1 aromatic carbocycles. The zero-order valence-electron chi connectivity index (χ0n) is 16.3. The highest BCUT2D eigenvalue weighted by molar-refractivity contribution is 5.78. The van der Waals surface area contributed by atoms with Crippen LogP contribution in [0.25, 0.3) is 0 Å². The number of hydrogen-bond donors (Lipinski definition) is 0. The predicted molar refractivity (Wildman–Crippen MR) is 100 cm³/mol. The average Bonchev–Trinajstić information content (AvgIpc) is 2.64. The normalized spacial score (nSPS) is 16.9. The summed E-state index contributed by atoms with van der Waals surface area (Å²) in [6.07, 6.45) is 2.61. The fraction of sp³-hybridized carbons (Fsp3) is 0.600. The van der Waals surface area contributed by atoms with E-state index >= 15 is 0 Å². The van der Waals surface area contributed by atoms with Crippen molar-refractivity contribution in [1.29, 1.82) is 0 Å². The molecule has 0 bridgehead atoms. The third-order valence-corrected chi connectivity index (χ3v) is 4.87. The summed E-state index contributed by atoms with van der Waals surface area (Å²) in [6.45, 7) is 6.24. The van der Waals surface area contributed by atoms with E-state index in [1.807, 2.05) is 23.1 Å². The van der Waals surface area contributed by atoms with E-state index in [1.54, 1.807) is 19.1 Å². The van der Waals surface area contributed by atoms with E-state index in [9.17, 15) is 9.59 Å². The number of methoxy groups -OCH3 is 2. The summed E-state index contributed by atoms with van der Waals surface area (Å²) in [5.74, 6) is 1.94. The highest BCUT2D eigenvalue weighted by atomic mass is 16.5. The second-order valence-electron chi connectivity index (χ2n) is 6.97. The van der Waals surface area contributed by atoms with E-state index in [2.05, 4.69) is 6.92 Å². The molecule has 1 saturated heterocycles. The standard InChI is InChI=1S/C20H30N2O4/c1-15-6-5-10-22(13-15)20(24)9-11-21(16(2)23)14-17-7-8-18(25-3)19(12-17)26-4/h7-8,12,15H,5-6,9-11,13-14H2,1-4H3. The smallest absolute Gasteiger partial charge is 0.224 e. The summed E-state index contributed by atoms with van der Waals surface area (Å²) in [5, 5.41) is 0. The van der Waals surface area contributed by atoms with Crippen molar-refractivity contribution in [3.63, 3.8) is 0 Å². The summed E-state index contributed by atoms with van der Waals surface area (Å²) < 4.78 is 10.6. The van der Waals surface area contributed by atoms with Crippen molar-refractivity contribution in [1.82, 2.24) is 9.80 Å². The van der Waals surface area contributed by atoms with Crippen molar-refractivity contribution >= 4 is 11.8 Å². The zero-order chi connectivity index (χ0) is 19.1. The van der Waals surface area contributed by atoms with Gasteiger partial charge >= 0.3 is 0 Å². The first kappa shape index (κ1) is 20.1. The molecule has 6 nitrogen and oxygen atoms in total. The van der Waals surface area contributed by atoms with Crippen molar-refractivity contribution in [2.75, 3.05) is 33.9 Å². The van der Waals surface area contributed by atoms with Crippen LogP contribution in [0.2, 0.25) is 0 Å². The third-order valence-electron chi connectivity index (χ3n) is 4.87. The molecular formula is C20H30N2O4. The van der Waals surface area contributed by atoms with Gasteiger partial charge in [-0.2, -0.15) is 0 Å². The second kappa shape index (κ2) is 9.46. The summed E-state index contributed by atoms with van der Waals surface area (Å²) in [7, 11) is 3.18. The number of hydrogen-bond acceptors (Lipinski definition) is 4. The quantitative estimate of drug-likeness (QED) is 0.748. The molecule has 6 heteroatoms. The van der Waals surface area contributed by atoms with Crippen molar-refractivity contribution in [3.8, 4) is 11.5 Å². The molecule has 0 aliphatic carbocycles. The zero-order valence-corrected chi connectivity index (χ0v) is 16.3. The Morgan fingerprint density at radius 1 is 1.23 bits per heavy atom. The molecule has 0 radical (unpaired) electrons. The molecule has 1 aromatic rings. The Kier molecular flexibility index (Phi) is 7.30. The number of carbonyl (C=O) groups is 2. The average molecular weight is 362 g/mol. The van der Waals surface area contributed by atoms with Crippen LogP contribution in [0.3, 0.4) is 0 Å². The molecule has 1 aliphatic heterocycles. The molecule has 144 valence electrons. The first-order valence-corrected chi connectivity index (χ1v) is 9.18. The monoisotopic (exact) mass is 362 g/mol. The van der Waals surface area contributed by atoms with Crippen LogP contribution in [0.1, 0.15) is 38.7 Å². The summed E-state index contributed by atoms with van der Waals surface area (Å²) in [4.78, 5) is 28.1. The number of nitrogens with zero attached hydrogens (tertiary/aromatic N) is 2. The minimum absolute atomic E-state index is 0.0420. The number of piperidine rings is 1. The van der Waals surface area contributed by atoms with Gasteiger partial charge in [-0.15, -0.1) is 0 Å². The molecular weight excluding hydrogens is 332 g/mol. The number of amides is 2. The van der Waals surface area contributed by atoms with Crippen molar-refractivity contribution in [2.24, 2.45) is 5.92 Å². The number of carbonyl (C=O) groups excluding carboxylic acids is 2. The molecule has 2 rings (SSSR count). The number of benzene rings is 1. The predicted octanol–water partition coefficient (Wildman–Crippen LogP) is 2.70. The lowest BCUT2D eigenvalue weighted by molar-refractivity contribution is -0.135. The molecule has 0 saturated carbocycles. The number of rotatable bonds is 7. The van der Waals surface area contributed by atoms with Crippen LogP contribution in [0.15, 0.2) is 18.2 Å². The summed E-state index contributed by atoms with van der Waals surface area (Å²) in [6, 6.07) is 5.60. The minimum Gasteiger partial charge on any atom is -0.493 e. The van der Waals surface area contributed by atoms with E-state index in [-0.39, 0.29) is 11.8 Å². The van der Waals surface area contributed by atoms with Gasteiger partial charge in [-0.05, 0) is 36.5 Å². The Balaban J connectivity index is 1.96. The molecule has 1 fully saturated rings. The first-order valence-electron chi connectivity index (χ1n) is 9.18. The number of ether oxygens (including phenoxy) is 2. The second-order valence-corrected chi connectivity index (χ2v) is 6.97. The summed E-state index contributed by atoms with van der Waals surface area (Å²) >= 11 is 0. The largest absolute Gasteiger partial charge is 0.493 e. The van der Waals surface area contributed by atoms with E-state index in [4.69, 9.17) is 9.47 Å². The van der Waals surface area contributed by atoms with Crippen LogP contribution in [-0.2, 0) is 16.1 Å². The fourth-order valence-corrected chi connectivity index (χ4v) is 3.35. The van der Waals surface area contributed by atoms with Crippen LogP contribution in [-0.4, -0.2) is 55.5 Å². The van der Waals surface area contributed by atoms with Crippen molar-refractivity contribution < 1.29 is 19.1 Å². The highest BCUT2D eigenvalue weighted by Crippen LogP contribution is 2.28. The topological polar surface area (TPSA) is 59.1 Å². The van der Waals surface area contributed by atoms with E-state index < -0.39 is 0 Å². The molecule has 0 spiro atoms. The Morgan fingerprint density at radius 3 is 2.58 bits per heavy atom. The van der Waals surface area contributed by atoms with Gasteiger partial charge in [0, 0.05) is 39.5 Å². The Bertz CT molecular complexity index is 632. The maximum atomic E-state index is 12.5. The Labute approximate surface area is 156 Å². The van der Waals surface area contributed by atoms with Crippen LogP contribution in [0.5, 0.6) is 11.5 Å². The molecule has 0 aromatic heterocycles.